The topological polar surface area (TPSA) is 92.3 Å². The number of rotatable bonds is 5. The third kappa shape index (κ3) is 2.95. The number of aromatic nitrogens is 3. The largest absolute Gasteiger partial charge is 0.480 e. The summed E-state index contributed by atoms with van der Waals surface area (Å²) in [6.07, 6.45) is 0. The van der Waals surface area contributed by atoms with E-state index in [1.165, 1.54) is 11.7 Å². The second kappa shape index (κ2) is 6.05. The number of carbonyl (C=O) groups is 1. The van der Waals surface area contributed by atoms with Gasteiger partial charge in [-0.2, -0.15) is 8.75 Å². The summed E-state index contributed by atoms with van der Waals surface area (Å²) in [7, 11) is 1.77. The normalized spacial score (nSPS) is 12.9. The molecule has 0 saturated carbocycles. The minimum atomic E-state index is -0.932. The zero-order valence-corrected chi connectivity index (χ0v) is 13.8. The first-order chi connectivity index (χ1) is 11.0. The van der Waals surface area contributed by atoms with Crippen LogP contribution in [0.1, 0.15) is 28.6 Å². The van der Waals surface area contributed by atoms with E-state index in [-0.39, 0.29) is 0 Å². The zero-order valence-electron chi connectivity index (χ0n) is 13.0. The van der Waals surface area contributed by atoms with E-state index in [2.05, 4.69) is 13.9 Å². The van der Waals surface area contributed by atoms with E-state index in [0.717, 1.165) is 16.6 Å². The van der Waals surface area contributed by atoms with Gasteiger partial charge in [-0.05, 0) is 38.6 Å². The Morgan fingerprint density at radius 3 is 2.74 bits per heavy atom. The molecule has 7 nitrogen and oxygen atoms in total. The SMILES string of the molecule is Cc1noc(C)c1[C@H](C(=O)O)N(C)Cc1ccc2nsnc2c1. The van der Waals surface area contributed by atoms with Gasteiger partial charge in [-0.3, -0.25) is 9.69 Å². The van der Waals surface area contributed by atoms with Gasteiger partial charge in [0.2, 0.25) is 0 Å². The van der Waals surface area contributed by atoms with Crippen LogP contribution in [0.2, 0.25) is 0 Å². The number of carboxylic acids is 1. The van der Waals surface area contributed by atoms with Crippen molar-refractivity contribution in [2.24, 2.45) is 0 Å². The van der Waals surface area contributed by atoms with Gasteiger partial charge in [0.25, 0.3) is 0 Å². The molecule has 0 saturated heterocycles. The van der Waals surface area contributed by atoms with Gasteiger partial charge in [0.15, 0.2) is 0 Å². The van der Waals surface area contributed by atoms with Gasteiger partial charge >= 0.3 is 5.97 Å². The summed E-state index contributed by atoms with van der Waals surface area (Å²) in [6, 6.07) is 4.95. The maximum Gasteiger partial charge on any atom is 0.325 e. The quantitative estimate of drug-likeness (QED) is 0.767. The standard InChI is InChI=1S/C15H16N4O3S/c1-8-13(9(2)22-16-8)14(15(20)21)19(3)7-10-4-5-11-12(6-10)18-23-17-11/h4-6,14H,7H2,1-3H3,(H,20,21)/t14-/m1/s1. The van der Waals surface area contributed by atoms with Crippen molar-refractivity contribution in [3.05, 3.63) is 40.8 Å². The van der Waals surface area contributed by atoms with Crippen LogP contribution >= 0.6 is 11.7 Å². The molecule has 1 N–H and O–H groups in total. The lowest BCUT2D eigenvalue weighted by molar-refractivity contribution is -0.143. The van der Waals surface area contributed by atoms with Crippen molar-refractivity contribution in [2.75, 3.05) is 7.05 Å². The average molecular weight is 332 g/mol. The second-order valence-electron chi connectivity index (χ2n) is 5.48. The summed E-state index contributed by atoms with van der Waals surface area (Å²) in [4.78, 5) is 13.5. The highest BCUT2D eigenvalue weighted by molar-refractivity contribution is 7.00. The third-order valence-corrected chi connectivity index (χ3v) is 4.34. The maximum atomic E-state index is 11.8. The zero-order chi connectivity index (χ0) is 16.6. The molecule has 0 amide bonds. The van der Waals surface area contributed by atoms with Crippen LogP contribution in [-0.2, 0) is 11.3 Å². The lowest BCUT2D eigenvalue weighted by atomic mass is 10.0. The molecule has 23 heavy (non-hydrogen) atoms. The summed E-state index contributed by atoms with van der Waals surface area (Å²) < 4.78 is 13.5. The first-order valence-corrected chi connectivity index (χ1v) is 7.77. The van der Waals surface area contributed by atoms with E-state index in [1.54, 1.807) is 25.8 Å². The highest BCUT2D eigenvalue weighted by atomic mass is 32.1. The lowest BCUT2D eigenvalue weighted by Crippen LogP contribution is -2.31. The molecule has 0 bridgehead atoms. The van der Waals surface area contributed by atoms with E-state index in [9.17, 15) is 9.90 Å². The molecule has 0 aliphatic rings. The van der Waals surface area contributed by atoms with Crippen LogP contribution in [0.3, 0.4) is 0 Å². The molecule has 1 aromatic carbocycles. The molecule has 0 unspecified atom stereocenters. The molecule has 120 valence electrons. The number of hydrogen-bond donors (Lipinski definition) is 1. The summed E-state index contributed by atoms with van der Waals surface area (Å²) in [5, 5.41) is 13.5. The van der Waals surface area contributed by atoms with Gasteiger partial charge in [-0.1, -0.05) is 11.2 Å². The molecule has 3 aromatic rings. The van der Waals surface area contributed by atoms with Gasteiger partial charge in [-0.15, -0.1) is 0 Å². The van der Waals surface area contributed by atoms with Crippen LogP contribution in [0.5, 0.6) is 0 Å². The van der Waals surface area contributed by atoms with Crippen molar-refractivity contribution in [3.63, 3.8) is 0 Å². The fraction of sp³-hybridized carbons (Fsp3) is 0.333. The highest BCUT2D eigenvalue weighted by Gasteiger charge is 2.30. The van der Waals surface area contributed by atoms with E-state index < -0.39 is 12.0 Å². The number of hydrogen-bond acceptors (Lipinski definition) is 7. The Morgan fingerprint density at radius 2 is 2.09 bits per heavy atom. The number of likely N-dealkylation sites (N-methyl/N-ethyl adjacent to an activating group) is 1. The Morgan fingerprint density at radius 1 is 1.35 bits per heavy atom. The Hall–Kier alpha value is -2.32. The predicted molar refractivity (Wildman–Crippen MR) is 85.2 cm³/mol. The second-order valence-corrected chi connectivity index (χ2v) is 6.01. The third-order valence-electron chi connectivity index (χ3n) is 3.79. The van der Waals surface area contributed by atoms with Crippen molar-refractivity contribution in [1.82, 2.24) is 18.8 Å². The van der Waals surface area contributed by atoms with Gasteiger partial charge in [-0.25, -0.2) is 0 Å². The summed E-state index contributed by atoms with van der Waals surface area (Å²) in [5.74, 6) is -0.404. The molecule has 1 atom stereocenters. The van der Waals surface area contributed by atoms with Crippen LogP contribution in [0.25, 0.3) is 11.0 Å². The van der Waals surface area contributed by atoms with Gasteiger partial charge in [0, 0.05) is 12.1 Å². The smallest absolute Gasteiger partial charge is 0.325 e. The van der Waals surface area contributed by atoms with Crippen LogP contribution in [-0.4, -0.2) is 36.9 Å². The minimum Gasteiger partial charge on any atom is -0.480 e. The number of aryl methyl sites for hydroxylation is 2. The first-order valence-electron chi connectivity index (χ1n) is 7.04. The molecular formula is C15H16N4O3S. The monoisotopic (exact) mass is 332 g/mol. The van der Waals surface area contributed by atoms with Crippen LogP contribution in [0, 0.1) is 13.8 Å². The van der Waals surface area contributed by atoms with Crippen molar-refractivity contribution in [1.29, 1.82) is 0 Å². The van der Waals surface area contributed by atoms with Crippen molar-refractivity contribution in [2.45, 2.75) is 26.4 Å². The molecule has 0 fully saturated rings. The molecule has 3 rings (SSSR count). The molecule has 0 radical (unpaired) electrons. The molecule has 8 heteroatoms. The van der Waals surface area contributed by atoms with Gasteiger partial charge < -0.3 is 9.63 Å². The summed E-state index contributed by atoms with van der Waals surface area (Å²) in [6.45, 7) is 3.95. The molecule has 2 aromatic heterocycles. The maximum absolute atomic E-state index is 11.8. The number of fused-ring (bicyclic) bond motifs is 1. The molecule has 0 spiro atoms. The fourth-order valence-electron chi connectivity index (χ4n) is 2.72. The number of benzene rings is 1. The van der Waals surface area contributed by atoms with Crippen molar-refractivity contribution < 1.29 is 14.4 Å². The number of nitrogens with zero attached hydrogens (tertiary/aromatic N) is 4. The highest BCUT2D eigenvalue weighted by Crippen LogP contribution is 2.28. The van der Waals surface area contributed by atoms with Gasteiger partial charge in [0.05, 0.1) is 17.4 Å². The number of aliphatic carboxylic acids is 1. The van der Waals surface area contributed by atoms with Crippen LogP contribution in [0.4, 0.5) is 0 Å². The fourth-order valence-corrected chi connectivity index (χ4v) is 3.24. The minimum absolute atomic E-state index is 0.467. The van der Waals surface area contributed by atoms with E-state index >= 15 is 0 Å². The first kappa shape index (κ1) is 15.6. The van der Waals surface area contributed by atoms with Crippen LogP contribution < -0.4 is 0 Å². The van der Waals surface area contributed by atoms with E-state index in [1.807, 2.05) is 18.2 Å². The Labute approximate surface area is 136 Å². The molecule has 0 aliphatic carbocycles. The molecular weight excluding hydrogens is 316 g/mol. The lowest BCUT2D eigenvalue weighted by Gasteiger charge is -2.24. The Balaban J connectivity index is 1.89. The molecule has 0 aliphatic heterocycles. The Kier molecular flexibility index (Phi) is 4.10. The molecule has 2 heterocycles. The summed E-state index contributed by atoms with van der Waals surface area (Å²) in [5.41, 5.74) is 3.86. The summed E-state index contributed by atoms with van der Waals surface area (Å²) >= 11 is 1.17. The van der Waals surface area contributed by atoms with E-state index in [4.69, 9.17) is 4.52 Å². The van der Waals surface area contributed by atoms with Gasteiger partial charge in [0.1, 0.15) is 22.8 Å². The average Bonchev–Trinajstić information content (AvgIpc) is 3.08. The van der Waals surface area contributed by atoms with Crippen LogP contribution in [0.15, 0.2) is 22.7 Å². The number of carboxylic acid groups (broad SMARTS) is 1. The van der Waals surface area contributed by atoms with E-state index in [0.29, 0.717) is 23.6 Å². The van der Waals surface area contributed by atoms with Crippen molar-refractivity contribution >= 4 is 28.7 Å². The Bertz CT molecular complexity index is 838. The predicted octanol–water partition coefficient (Wildman–Crippen LogP) is 2.55. The van der Waals surface area contributed by atoms with Crippen molar-refractivity contribution in [3.8, 4) is 0 Å².